The smallest absolute Gasteiger partial charge is 0.306 e. The van der Waals surface area contributed by atoms with Crippen LogP contribution in [0.3, 0.4) is 0 Å². The molecule has 0 spiro atoms. The van der Waals surface area contributed by atoms with Gasteiger partial charge in [-0.25, -0.2) is 0 Å². The quantitative estimate of drug-likeness (QED) is 0.544. The Labute approximate surface area is 130 Å². The Morgan fingerprint density at radius 2 is 1.90 bits per heavy atom. The van der Waals surface area contributed by atoms with E-state index in [9.17, 15) is 9.59 Å². The molecule has 0 heterocycles. The summed E-state index contributed by atoms with van der Waals surface area (Å²) in [7, 11) is 1.43. The van der Waals surface area contributed by atoms with E-state index in [4.69, 9.17) is 4.74 Å². The standard InChI is InChI=1S/C17H22O3S/c1-3-13-4-6-14(7-5-13)15(18)11-21-12-17(8-9-17)10-16(19)20-2/h4-7H,3,8-12H2,1-2H3. The van der Waals surface area contributed by atoms with E-state index in [1.807, 2.05) is 24.3 Å². The first-order valence-corrected chi connectivity index (χ1v) is 8.51. The maximum Gasteiger partial charge on any atom is 0.306 e. The average molecular weight is 306 g/mol. The van der Waals surface area contributed by atoms with Crippen LogP contribution in [0, 0.1) is 5.41 Å². The van der Waals surface area contributed by atoms with Crippen molar-refractivity contribution in [1.82, 2.24) is 0 Å². The number of thioether (sulfide) groups is 1. The summed E-state index contributed by atoms with van der Waals surface area (Å²) in [5.74, 6) is 1.36. The number of benzene rings is 1. The predicted octanol–water partition coefficient (Wildman–Crippen LogP) is 3.51. The molecule has 3 nitrogen and oxygen atoms in total. The van der Waals surface area contributed by atoms with Gasteiger partial charge >= 0.3 is 5.97 Å². The van der Waals surface area contributed by atoms with Crippen LogP contribution in [-0.4, -0.2) is 30.4 Å². The lowest BCUT2D eigenvalue weighted by molar-refractivity contribution is -0.141. The number of ether oxygens (including phenoxy) is 1. The lowest BCUT2D eigenvalue weighted by Gasteiger charge is -2.12. The van der Waals surface area contributed by atoms with Crippen molar-refractivity contribution in [2.45, 2.75) is 32.6 Å². The highest BCUT2D eigenvalue weighted by Crippen LogP contribution is 2.51. The Morgan fingerprint density at radius 1 is 1.24 bits per heavy atom. The second-order valence-electron chi connectivity index (χ2n) is 5.72. The third-order valence-electron chi connectivity index (χ3n) is 4.03. The Morgan fingerprint density at radius 3 is 2.43 bits per heavy atom. The van der Waals surface area contributed by atoms with E-state index in [1.54, 1.807) is 11.8 Å². The van der Waals surface area contributed by atoms with Crippen LogP contribution < -0.4 is 0 Å². The molecule has 0 radical (unpaired) electrons. The van der Waals surface area contributed by atoms with Crippen LogP contribution in [0.4, 0.5) is 0 Å². The van der Waals surface area contributed by atoms with Crippen molar-refractivity contribution in [3.63, 3.8) is 0 Å². The molecule has 1 aromatic carbocycles. The molecule has 0 saturated heterocycles. The van der Waals surface area contributed by atoms with Gasteiger partial charge in [0.2, 0.25) is 0 Å². The number of methoxy groups -OCH3 is 1. The molecule has 0 amide bonds. The summed E-state index contributed by atoms with van der Waals surface area (Å²) in [5.41, 5.74) is 2.11. The molecule has 0 unspecified atom stereocenters. The van der Waals surface area contributed by atoms with Gasteiger partial charge in [0.1, 0.15) is 0 Å². The Kier molecular flexibility index (Phi) is 5.45. The van der Waals surface area contributed by atoms with Gasteiger partial charge < -0.3 is 4.74 Å². The van der Waals surface area contributed by atoms with E-state index in [2.05, 4.69) is 6.92 Å². The largest absolute Gasteiger partial charge is 0.469 e. The van der Waals surface area contributed by atoms with Gasteiger partial charge in [-0.2, -0.15) is 11.8 Å². The first-order valence-electron chi connectivity index (χ1n) is 7.35. The van der Waals surface area contributed by atoms with E-state index in [1.165, 1.54) is 12.7 Å². The van der Waals surface area contributed by atoms with Gasteiger partial charge in [0.05, 0.1) is 19.3 Å². The van der Waals surface area contributed by atoms with Crippen LogP contribution in [0.15, 0.2) is 24.3 Å². The number of hydrogen-bond acceptors (Lipinski definition) is 4. The van der Waals surface area contributed by atoms with Gasteiger partial charge in [0.15, 0.2) is 5.78 Å². The van der Waals surface area contributed by atoms with Crippen molar-refractivity contribution >= 4 is 23.5 Å². The number of carbonyl (C=O) groups is 2. The van der Waals surface area contributed by atoms with Crippen LogP contribution in [-0.2, 0) is 16.0 Å². The summed E-state index contributed by atoms with van der Waals surface area (Å²) >= 11 is 1.63. The van der Waals surface area contributed by atoms with Gasteiger partial charge in [-0.15, -0.1) is 0 Å². The van der Waals surface area contributed by atoms with Crippen LogP contribution in [0.2, 0.25) is 0 Å². The summed E-state index contributed by atoms with van der Waals surface area (Å²) < 4.78 is 4.73. The minimum Gasteiger partial charge on any atom is -0.469 e. The minimum atomic E-state index is -0.144. The maximum atomic E-state index is 12.1. The fourth-order valence-corrected chi connectivity index (χ4v) is 3.58. The normalized spacial score (nSPS) is 15.5. The fourth-order valence-electron chi connectivity index (χ4n) is 2.30. The minimum absolute atomic E-state index is 0.0874. The molecule has 2 rings (SSSR count). The fraction of sp³-hybridized carbons (Fsp3) is 0.529. The van der Waals surface area contributed by atoms with Gasteiger partial charge in [-0.3, -0.25) is 9.59 Å². The van der Waals surface area contributed by atoms with E-state index < -0.39 is 0 Å². The highest BCUT2D eigenvalue weighted by Gasteiger charge is 2.44. The Hall–Kier alpha value is -1.29. The monoisotopic (exact) mass is 306 g/mol. The number of hydrogen-bond donors (Lipinski definition) is 0. The molecule has 114 valence electrons. The first kappa shape index (κ1) is 16.1. The molecule has 1 fully saturated rings. The third kappa shape index (κ3) is 4.60. The molecule has 4 heteroatoms. The molecular formula is C17H22O3S. The third-order valence-corrected chi connectivity index (χ3v) is 5.31. The Bertz CT molecular complexity index is 503. The van der Waals surface area contributed by atoms with Crippen LogP contribution >= 0.6 is 11.8 Å². The zero-order valence-electron chi connectivity index (χ0n) is 12.7. The number of rotatable bonds is 8. The molecule has 1 aliphatic carbocycles. The van der Waals surface area contributed by atoms with E-state index in [0.717, 1.165) is 30.6 Å². The first-order chi connectivity index (χ1) is 10.1. The highest BCUT2D eigenvalue weighted by atomic mass is 32.2. The lowest BCUT2D eigenvalue weighted by atomic mass is 10.1. The summed E-state index contributed by atoms with van der Waals surface area (Å²) in [6, 6.07) is 7.83. The predicted molar refractivity (Wildman–Crippen MR) is 85.8 cm³/mol. The van der Waals surface area contributed by atoms with Crippen molar-refractivity contribution in [1.29, 1.82) is 0 Å². The summed E-state index contributed by atoms with van der Waals surface area (Å²) in [6.45, 7) is 2.10. The average Bonchev–Trinajstić information content (AvgIpc) is 3.26. The van der Waals surface area contributed by atoms with Crippen LogP contribution in [0.25, 0.3) is 0 Å². The summed E-state index contributed by atoms with van der Waals surface area (Å²) in [6.07, 6.45) is 3.60. The van der Waals surface area contributed by atoms with Gasteiger partial charge in [0.25, 0.3) is 0 Å². The number of ketones is 1. The molecule has 1 aliphatic rings. The highest BCUT2D eigenvalue weighted by molar-refractivity contribution is 8.00. The van der Waals surface area contributed by atoms with Gasteiger partial charge in [-0.1, -0.05) is 31.2 Å². The molecule has 0 aromatic heterocycles. The lowest BCUT2D eigenvalue weighted by Crippen LogP contribution is -2.14. The van der Waals surface area contributed by atoms with E-state index >= 15 is 0 Å². The number of aryl methyl sites for hydroxylation is 1. The molecule has 0 N–H and O–H groups in total. The second-order valence-corrected chi connectivity index (χ2v) is 6.70. The zero-order chi connectivity index (χ0) is 15.3. The van der Waals surface area contributed by atoms with Gasteiger partial charge in [-0.05, 0) is 36.0 Å². The summed E-state index contributed by atoms with van der Waals surface area (Å²) in [5, 5.41) is 0. The van der Waals surface area contributed by atoms with Crippen molar-refractivity contribution in [3.8, 4) is 0 Å². The topological polar surface area (TPSA) is 43.4 Å². The second kappa shape index (κ2) is 7.12. The number of carbonyl (C=O) groups excluding carboxylic acids is 2. The van der Waals surface area contributed by atoms with Crippen LogP contribution in [0.5, 0.6) is 0 Å². The molecular weight excluding hydrogens is 284 g/mol. The van der Waals surface area contributed by atoms with E-state index in [-0.39, 0.29) is 17.2 Å². The number of esters is 1. The van der Waals surface area contributed by atoms with Crippen molar-refractivity contribution in [3.05, 3.63) is 35.4 Å². The van der Waals surface area contributed by atoms with Crippen molar-refractivity contribution < 1.29 is 14.3 Å². The van der Waals surface area contributed by atoms with Crippen molar-refractivity contribution in [2.75, 3.05) is 18.6 Å². The zero-order valence-corrected chi connectivity index (χ0v) is 13.5. The summed E-state index contributed by atoms with van der Waals surface area (Å²) in [4.78, 5) is 23.5. The maximum absolute atomic E-state index is 12.1. The van der Waals surface area contributed by atoms with Crippen molar-refractivity contribution in [2.24, 2.45) is 5.41 Å². The molecule has 0 atom stereocenters. The van der Waals surface area contributed by atoms with E-state index in [0.29, 0.717) is 12.2 Å². The molecule has 1 saturated carbocycles. The van der Waals surface area contributed by atoms with Gasteiger partial charge in [0, 0.05) is 5.56 Å². The molecule has 0 aliphatic heterocycles. The Balaban J connectivity index is 1.77. The molecule has 21 heavy (non-hydrogen) atoms. The SMILES string of the molecule is CCc1ccc(C(=O)CSCC2(CC(=O)OC)CC2)cc1. The molecule has 0 bridgehead atoms. The number of Topliss-reactive ketones (excluding diaryl/α,β-unsaturated/α-hetero) is 1. The van der Waals surface area contributed by atoms with Crippen LogP contribution in [0.1, 0.15) is 42.1 Å². The molecule has 1 aromatic rings.